The van der Waals surface area contributed by atoms with Crippen LogP contribution in [0.15, 0.2) is 0 Å². The maximum absolute atomic E-state index is 6.45. The van der Waals surface area contributed by atoms with E-state index in [1.165, 1.54) is 0 Å². The highest BCUT2D eigenvalue weighted by atomic mass is 28.4. The zero-order valence-electron chi connectivity index (χ0n) is 11.1. The van der Waals surface area contributed by atoms with Gasteiger partial charge in [0.15, 0.2) is 16.6 Å². The summed E-state index contributed by atoms with van der Waals surface area (Å²) in [6, 6.07) is 0. The Labute approximate surface area is 96.8 Å². The molecular formula is C10H28N2OSi2. The van der Waals surface area contributed by atoms with Crippen LogP contribution in [-0.4, -0.2) is 29.7 Å². The third kappa shape index (κ3) is 4.36. The average Bonchev–Trinajstić information content (AvgIpc) is 2.13. The van der Waals surface area contributed by atoms with E-state index in [4.69, 9.17) is 15.6 Å². The molecule has 15 heavy (non-hydrogen) atoms. The molecule has 0 aliphatic heterocycles. The lowest BCUT2D eigenvalue weighted by Gasteiger charge is -2.40. The van der Waals surface area contributed by atoms with Gasteiger partial charge in [-0.1, -0.05) is 13.8 Å². The van der Waals surface area contributed by atoms with E-state index in [0.717, 1.165) is 13.1 Å². The topological polar surface area (TPSA) is 61.3 Å². The van der Waals surface area contributed by atoms with E-state index in [1.807, 2.05) is 0 Å². The molecule has 2 atom stereocenters. The van der Waals surface area contributed by atoms with Gasteiger partial charge in [-0.25, -0.2) is 0 Å². The van der Waals surface area contributed by atoms with E-state index in [0.29, 0.717) is 11.1 Å². The first-order valence-electron chi connectivity index (χ1n) is 5.77. The van der Waals surface area contributed by atoms with Gasteiger partial charge in [0.1, 0.15) is 0 Å². The van der Waals surface area contributed by atoms with Gasteiger partial charge in [-0.05, 0) is 50.4 Å². The van der Waals surface area contributed by atoms with E-state index in [-0.39, 0.29) is 0 Å². The molecule has 0 aromatic heterocycles. The molecule has 0 rings (SSSR count). The lowest BCUT2D eigenvalue weighted by Crippen LogP contribution is -2.51. The summed E-state index contributed by atoms with van der Waals surface area (Å²) in [5.41, 5.74) is 12.5. The summed E-state index contributed by atoms with van der Waals surface area (Å²) < 4.78 is 6.45. The van der Waals surface area contributed by atoms with Crippen LogP contribution in [0.4, 0.5) is 0 Å². The molecule has 0 spiro atoms. The molecule has 0 aliphatic carbocycles. The van der Waals surface area contributed by atoms with Crippen molar-refractivity contribution in [1.82, 2.24) is 0 Å². The summed E-state index contributed by atoms with van der Waals surface area (Å²) in [5, 5.41) is 0. The van der Waals surface area contributed by atoms with Gasteiger partial charge in [0.05, 0.1) is 0 Å². The van der Waals surface area contributed by atoms with Crippen LogP contribution in [0, 0.1) is 0 Å². The SMILES string of the molecule is CC(CN)[Si](C)(C)O[Si](C)(C)C(C)CN. The number of hydrogen-bond acceptors (Lipinski definition) is 3. The molecule has 0 heterocycles. The Morgan fingerprint density at radius 2 is 1.13 bits per heavy atom. The number of hydrogen-bond donors (Lipinski definition) is 2. The van der Waals surface area contributed by atoms with Crippen molar-refractivity contribution in [2.45, 2.75) is 51.1 Å². The van der Waals surface area contributed by atoms with Crippen molar-refractivity contribution in [3.05, 3.63) is 0 Å². The van der Waals surface area contributed by atoms with Crippen molar-refractivity contribution in [2.75, 3.05) is 13.1 Å². The third-order valence-corrected chi connectivity index (χ3v) is 13.0. The monoisotopic (exact) mass is 248 g/mol. The maximum atomic E-state index is 6.45. The van der Waals surface area contributed by atoms with E-state index >= 15 is 0 Å². The van der Waals surface area contributed by atoms with Gasteiger partial charge in [0, 0.05) is 0 Å². The van der Waals surface area contributed by atoms with E-state index in [9.17, 15) is 0 Å². The van der Waals surface area contributed by atoms with Crippen LogP contribution in [0.3, 0.4) is 0 Å². The first kappa shape index (κ1) is 15.3. The highest BCUT2D eigenvalue weighted by Crippen LogP contribution is 2.30. The van der Waals surface area contributed by atoms with Crippen molar-refractivity contribution in [1.29, 1.82) is 0 Å². The fourth-order valence-electron chi connectivity index (χ4n) is 1.45. The Bertz CT molecular complexity index is 178. The van der Waals surface area contributed by atoms with Gasteiger partial charge in [-0.3, -0.25) is 0 Å². The molecule has 2 unspecified atom stereocenters. The molecule has 0 radical (unpaired) electrons. The van der Waals surface area contributed by atoms with Crippen molar-refractivity contribution >= 4 is 16.6 Å². The minimum Gasteiger partial charge on any atom is -0.455 e. The van der Waals surface area contributed by atoms with Crippen LogP contribution in [0.25, 0.3) is 0 Å². The lowest BCUT2D eigenvalue weighted by atomic mass is 10.5. The zero-order chi connectivity index (χ0) is 12.3. The van der Waals surface area contributed by atoms with E-state index in [2.05, 4.69) is 40.0 Å². The molecule has 0 aliphatic rings. The molecule has 0 amide bonds. The molecular weight excluding hydrogens is 220 g/mol. The fourth-order valence-corrected chi connectivity index (χ4v) is 9.62. The van der Waals surface area contributed by atoms with Crippen LogP contribution in [0.1, 0.15) is 13.8 Å². The molecule has 0 aromatic rings. The lowest BCUT2D eigenvalue weighted by molar-refractivity contribution is 0.503. The van der Waals surface area contributed by atoms with Gasteiger partial charge >= 0.3 is 0 Å². The minimum absolute atomic E-state index is 0.509. The molecule has 3 nitrogen and oxygen atoms in total. The van der Waals surface area contributed by atoms with Gasteiger partial charge in [-0.2, -0.15) is 0 Å². The summed E-state index contributed by atoms with van der Waals surface area (Å²) in [4.78, 5) is 0. The molecule has 0 bridgehead atoms. The van der Waals surface area contributed by atoms with E-state index < -0.39 is 16.6 Å². The Balaban J connectivity index is 4.56. The minimum atomic E-state index is -1.64. The van der Waals surface area contributed by atoms with Gasteiger partial charge in [0.2, 0.25) is 0 Å². The number of rotatable bonds is 6. The molecule has 5 heteroatoms. The Morgan fingerprint density at radius 1 is 0.867 bits per heavy atom. The maximum Gasteiger partial charge on any atom is 0.177 e. The van der Waals surface area contributed by atoms with E-state index in [1.54, 1.807) is 0 Å². The van der Waals surface area contributed by atoms with Crippen LogP contribution in [0.2, 0.25) is 37.3 Å². The van der Waals surface area contributed by atoms with Crippen LogP contribution in [0.5, 0.6) is 0 Å². The Hall–Kier alpha value is 0.314. The average molecular weight is 249 g/mol. The fraction of sp³-hybridized carbons (Fsp3) is 1.00. The first-order chi connectivity index (χ1) is 6.67. The zero-order valence-corrected chi connectivity index (χ0v) is 13.1. The Morgan fingerprint density at radius 3 is 1.33 bits per heavy atom. The van der Waals surface area contributed by atoms with Crippen molar-refractivity contribution in [3.8, 4) is 0 Å². The quantitative estimate of drug-likeness (QED) is 0.708. The van der Waals surface area contributed by atoms with Gasteiger partial charge in [0.25, 0.3) is 0 Å². The van der Waals surface area contributed by atoms with Crippen molar-refractivity contribution in [2.24, 2.45) is 11.5 Å². The predicted molar refractivity (Wildman–Crippen MR) is 73.0 cm³/mol. The van der Waals surface area contributed by atoms with Crippen molar-refractivity contribution < 1.29 is 4.12 Å². The molecule has 0 fully saturated rings. The van der Waals surface area contributed by atoms with Crippen molar-refractivity contribution in [3.63, 3.8) is 0 Å². The molecule has 0 aromatic carbocycles. The summed E-state index contributed by atoms with van der Waals surface area (Å²) in [7, 11) is -3.28. The smallest absolute Gasteiger partial charge is 0.177 e. The second-order valence-electron chi connectivity index (χ2n) is 5.58. The van der Waals surface area contributed by atoms with Gasteiger partial charge in [-0.15, -0.1) is 0 Å². The molecule has 0 saturated heterocycles. The summed E-state index contributed by atoms with van der Waals surface area (Å²) in [6.45, 7) is 14.9. The second kappa shape index (κ2) is 5.59. The number of nitrogens with two attached hydrogens (primary N) is 2. The second-order valence-corrected chi connectivity index (χ2v) is 14.8. The summed E-state index contributed by atoms with van der Waals surface area (Å²) in [5.74, 6) is 0. The normalized spacial score (nSPS) is 17.6. The highest BCUT2D eigenvalue weighted by Gasteiger charge is 2.39. The highest BCUT2D eigenvalue weighted by molar-refractivity contribution is 6.86. The molecule has 92 valence electrons. The first-order valence-corrected chi connectivity index (χ1v) is 11.7. The van der Waals surface area contributed by atoms with Crippen LogP contribution >= 0.6 is 0 Å². The van der Waals surface area contributed by atoms with Crippen LogP contribution in [-0.2, 0) is 4.12 Å². The largest absolute Gasteiger partial charge is 0.455 e. The van der Waals surface area contributed by atoms with Gasteiger partial charge < -0.3 is 15.6 Å². The van der Waals surface area contributed by atoms with Crippen LogP contribution < -0.4 is 11.5 Å². The summed E-state index contributed by atoms with van der Waals surface area (Å²) >= 11 is 0. The predicted octanol–water partition coefficient (Wildman–Crippen LogP) is 2.11. The third-order valence-electron chi connectivity index (χ3n) is 3.61. The molecule has 4 N–H and O–H groups in total. The Kier molecular flexibility index (Phi) is 5.70. The molecule has 0 saturated carbocycles. The summed E-state index contributed by atoms with van der Waals surface area (Å²) in [6.07, 6.45) is 0. The standard InChI is InChI=1S/C10H28N2OSi2/c1-9(7-11)14(3,4)13-15(5,6)10(2)8-12/h9-10H,7-8,11-12H2,1-6H3.